The standard InChI is InChI=1S/C20H26N2O3S/c1-4-5-12-26(23)22-16(2)18-10-11-21-19(13-18)15-25-14-17-6-8-20(24-3)9-7-17/h6-11,13H,4-5,12,14-15H2,1-3H3. The number of pyridine rings is 1. The molecule has 1 unspecified atom stereocenters. The van der Waals surface area contributed by atoms with Crippen LogP contribution in [0.3, 0.4) is 0 Å². The molecule has 0 amide bonds. The van der Waals surface area contributed by atoms with E-state index in [9.17, 15) is 4.55 Å². The molecule has 0 radical (unpaired) electrons. The largest absolute Gasteiger partial charge is 0.591 e. The van der Waals surface area contributed by atoms with Crippen molar-refractivity contribution in [2.75, 3.05) is 12.9 Å². The molecule has 1 atom stereocenters. The summed E-state index contributed by atoms with van der Waals surface area (Å²) in [6, 6.07) is 11.6. The highest BCUT2D eigenvalue weighted by Gasteiger charge is 2.08. The summed E-state index contributed by atoms with van der Waals surface area (Å²) in [4.78, 5) is 4.33. The average molecular weight is 375 g/mol. The molecule has 0 aliphatic heterocycles. The maximum atomic E-state index is 11.9. The number of aromatic nitrogens is 1. The predicted molar refractivity (Wildman–Crippen MR) is 106 cm³/mol. The first kappa shape index (κ1) is 20.4. The Hall–Kier alpha value is -1.89. The van der Waals surface area contributed by atoms with Crippen LogP contribution in [0.5, 0.6) is 5.75 Å². The third kappa shape index (κ3) is 6.78. The zero-order valence-corrected chi connectivity index (χ0v) is 16.4. The lowest BCUT2D eigenvalue weighted by Crippen LogP contribution is -2.07. The fourth-order valence-corrected chi connectivity index (χ4v) is 3.33. The number of benzene rings is 1. The van der Waals surface area contributed by atoms with Gasteiger partial charge in [-0.25, -0.2) is 0 Å². The zero-order valence-electron chi connectivity index (χ0n) is 15.6. The lowest BCUT2D eigenvalue weighted by atomic mass is 10.1. The highest BCUT2D eigenvalue weighted by molar-refractivity contribution is 7.90. The van der Waals surface area contributed by atoms with E-state index in [4.69, 9.17) is 9.47 Å². The minimum Gasteiger partial charge on any atom is -0.591 e. The van der Waals surface area contributed by atoms with Crippen molar-refractivity contribution in [3.8, 4) is 5.75 Å². The number of hydrogen-bond donors (Lipinski definition) is 0. The Morgan fingerprint density at radius 1 is 1.19 bits per heavy atom. The molecule has 0 fully saturated rings. The lowest BCUT2D eigenvalue weighted by Gasteiger charge is -2.08. The lowest BCUT2D eigenvalue weighted by molar-refractivity contribution is 0.104. The van der Waals surface area contributed by atoms with Crippen LogP contribution in [-0.2, 0) is 29.3 Å². The van der Waals surface area contributed by atoms with Crippen LogP contribution in [0.15, 0.2) is 47.0 Å². The Labute approximate surface area is 158 Å². The number of hydrogen-bond acceptors (Lipinski definition) is 5. The van der Waals surface area contributed by atoms with Crippen molar-refractivity contribution in [2.24, 2.45) is 4.40 Å². The Balaban J connectivity index is 1.90. The molecule has 1 aromatic heterocycles. The van der Waals surface area contributed by atoms with Gasteiger partial charge in [0.15, 0.2) is 0 Å². The topological polar surface area (TPSA) is 66.8 Å². The van der Waals surface area contributed by atoms with E-state index in [-0.39, 0.29) is 0 Å². The van der Waals surface area contributed by atoms with E-state index in [2.05, 4.69) is 16.3 Å². The highest BCUT2D eigenvalue weighted by Crippen LogP contribution is 2.13. The minimum absolute atomic E-state index is 0.409. The summed E-state index contributed by atoms with van der Waals surface area (Å²) in [5.74, 6) is 1.44. The van der Waals surface area contributed by atoms with E-state index in [1.54, 1.807) is 13.3 Å². The predicted octanol–water partition coefficient (Wildman–Crippen LogP) is 4.08. The van der Waals surface area contributed by atoms with Crippen LogP contribution in [0.1, 0.15) is 43.5 Å². The maximum Gasteiger partial charge on any atom is 0.133 e. The van der Waals surface area contributed by atoms with Gasteiger partial charge in [0.05, 0.1) is 43.1 Å². The van der Waals surface area contributed by atoms with Crippen molar-refractivity contribution >= 4 is 17.1 Å². The third-order valence-corrected chi connectivity index (χ3v) is 4.94. The summed E-state index contributed by atoms with van der Waals surface area (Å²) in [6.07, 6.45) is 3.67. The van der Waals surface area contributed by atoms with Crippen LogP contribution < -0.4 is 4.74 Å². The second kappa shape index (κ2) is 11.0. The molecular weight excluding hydrogens is 348 g/mol. The van der Waals surface area contributed by atoms with Gasteiger partial charge in [0.25, 0.3) is 0 Å². The smallest absolute Gasteiger partial charge is 0.133 e. The van der Waals surface area contributed by atoms with Crippen molar-refractivity contribution in [2.45, 2.75) is 39.9 Å². The van der Waals surface area contributed by atoms with Gasteiger partial charge in [-0.15, -0.1) is 0 Å². The average Bonchev–Trinajstić information content (AvgIpc) is 2.67. The van der Waals surface area contributed by atoms with Gasteiger partial charge in [-0.2, -0.15) is 0 Å². The summed E-state index contributed by atoms with van der Waals surface area (Å²) in [6.45, 7) is 4.87. The van der Waals surface area contributed by atoms with Crippen LogP contribution in [0.4, 0.5) is 0 Å². The van der Waals surface area contributed by atoms with E-state index in [1.807, 2.05) is 43.3 Å². The number of nitrogens with zero attached hydrogens (tertiary/aromatic N) is 2. The molecule has 2 rings (SSSR count). The van der Waals surface area contributed by atoms with Gasteiger partial charge >= 0.3 is 0 Å². The SMILES string of the molecule is CCCC[S+]([O-])N=C(C)c1ccnc(COCc2ccc(OC)cc2)c1. The molecule has 5 nitrogen and oxygen atoms in total. The van der Waals surface area contributed by atoms with Gasteiger partial charge in [0.2, 0.25) is 0 Å². The van der Waals surface area contributed by atoms with Crippen LogP contribution in [0.25, 0.3) is 0 Å². The van der Waals surface area contributed by atoms with Gasteiger partial charge in [0.1, 0.15) is 11.5 Å². The van der Waals surface area contributed by atoms with Crippen LogP contribution >= 0.6 is 0 Å². The van der Waals surface area contributed by atoms with Crippen molar-refractivity contribution in [3.05, 3.63) is 59.4 Å². The van der Waals surface area contributed by atoms with Crippen molar-refractivity contribution in [3.63, 3.8) is 0 Å². The number of unbranched alkanes of at least 4 members (excludes halogenated alkanes) is 1. The Morgan fingerprint density at radius 3 is 2.65 bits per heavy atom. The molecule has 1 heterocycles. The Kier molecular flexibility index (Phi) is 8.61. The maximum absolute atomic E-state index is 11.9. The second-order valence-corrected chi connectivity index (χ2v) is 7.17. The van der Waals surface area contributed by atoms with Gasteiger partial charge in [-0.3, -0.25) is 4.98 Å². The summed E-state index contributed by atoms with van der Waals surface area (Å²) in [5.41, 5.74) is 3.59. The van der Waals surface area contributed by atoms with E-state index in [0.29, 0.717) is 19.0 Å². The van der Waals surface area contributed by atoms with E-state index in [1.165, 1.54) is 0 Å². The Morgan fingerprint density at radius 2 is 1.96 bits per heavy atom. The molecule has 26 heavy (non-hydrogen) atoms. The monoisotopic (exact) mass is 374 g/mol. The van der Waals surface area contributed by atoms with Crippen molar-refractivity contribution in [1.29, 1.82) is 0 Å². The van der Waals surface area contributed by atoms with Crippen LogP contribution in [0.2, 0.25) is 0 Å². The van der Waals surface area contributed by atoms with Crippen LogP contribution in [-0.4, -0.2) is 28.1 Å². The van der Waals surface area contributed by atoms with Gasteiger partial charge in [0, 0.05) is 11.8 Å². The quantitative estimate of drug-likeness (QED) is 0.464. The second-order valence-electron chi connectivity index (χ2n) is 5.93. The van der Waals surface area contributed by atoms with E-state index in [0.717, 1.165) is 41.1 Å². The van der Waals surface area contributed by atoms with Gasteiger partial charge in [-0.1, -0.05) is 29.9 Å². The normalized spacial score (nSPS) is 12.8. The molecule has 0 spiro atoms. The molecule has 6 heteroatoms. The fraction of sp³-hybridized carbons (Fsp3) is 0.400. The minimum atomic E-state index is -1.16. The van der Waals surface area contributed by atoms with E-state index >= 15 is 0 Å². The zero-order chi connectivity index (χ0) is 18.8. The molecule has 1 aromatic carbocycles. The molecule has 0 aliphatic rings. The first-order valence-electron chi connectivity index (χ1n) is 8.72. The first-order chi connectivity index (χ1) is 12.6. The van der Waals surface area contributed by atoms with Crippen molar-refractivity contribution < 1.29 is 14.0 Å². The summed E-state index contributed by atoms with van der Waals surface area (Å²) in [5, 5.41) is 0. The van der Waals surface area contributed by atoms with Gasteiger partial charge in [-0.05, 0) is 43.2 Å². The number of methoxy groups -OCH3 is 1. The highest BCUT2D eigenvalue weighted by atomic mass is 32.2. The molecule has 140 valence electrons. The summed E-state index contributed by atoms with van der Waals surface area (Å²) in [7, 11) is 1.65. The molecule has 0 aliphatic carbocycles. The molecule has 0 saturated heterocycles. The molecule has 0 N–H and O–H groups in total. The van der Waals surface area contributed by atoms with Gasteiger partial charge < -0.3 is 14.0 Å². The van der Waals surface area contributed by atoms with Crippen LogP contribution in [0, 0.1) is 0 Å². The molecule has 0 saturated carbocycles. The molecule has 2 aromatic rings. The first-order valence-corrected chi connectivity index (χ1v) is 9.99. The van der Waals surface area contributed by atoms with E-state index < -0.39 is 11.4 Å². The number of ether oxygens (including phenoxy) is 2. The molecule has 0 bridgehead atoms. The number of rotatable bonds is 10. The summed E-state index contributed by atoms with van der Waals surface area (Å²) < 4.78 is 27.1. The Bertz CT molecular complexity index is 704. The fourth-order valence-electron chi connectivity index (χ4n) is 2.30. The third-order valence-electron chi connectivity index (χ3n) is 3.82. The van der Waals surface area contributed by atoms with Crippen molar-refractivity contribution in [1.82, 2.24) is 4.98 Å². The molecular formula is C20H26N2O3S. The summed E-state index contributed by atoms with van der Waals surface area (Å²) >= 11 is -1.16.